The van der Waals surface area contributed by atoms with Gasteiger partial charge in [0.2, 0.25) is 5.91 Å². The van der Waals surface area contributed by atoms with E-state index in [1.807, 2.05) is 24.3 Å². The number of carbonyl (C=O) groups is 1. The first-order valence-corrected chi connectivity index (χ1v) is 7.18. The van der Waals surface area contributed by atoms with Gasteiger partial charge in [-0.25, -0.2) is 4.39 Å². The molecule has 1 amide bonds. The normalized spacial score (nSPS) is 10.2. The number of amides is 1. The number of para-hydroxylation sites is 1. The highest BCUT2D eigenvalue weighted by molar-refractivity contribution is 14.1. The zero-order valence-electron chi connectivity index (χ0n) is 10.9. The third-order valence-electron chi connectivity index (χ3n) is 2.77. The Kier molecular flexibility index (Phi) is 4.94. The van der Waals surface area contributed by atoms with Crippen LogP contribution in [0.15, 0.2) is 42.5 Å². The second-order valence-electron chi connectivity index (χ2n) is 4.35. The minimum absolute atomic E-state index is 0.0907. The van der Waals surface area contributed by atoms with Crippen LogP contribution in [0.3, 0.4) is 0 Å². The summed E-state index contributed by atoms with van der Waals surface area (Å²) >= 11 is 2.16. The average molecular weight is 384 g/mol. The van der Waals surface area contributed by atoms with Crippen molar-refractivity contribution in [1.29, 1.82) is 0 Å². The third-order valence-corrected chi connectivity index (χ3v) is 3.71. The molecule has 2 aromatic carbocycles. The number of nitrogens with one attached hydrogen (secondary N) is 2. The molecule has 5 heteroatoms. The van der Waals surface area contributed by atoms with Gasteiger partial charge in [0.05, 0.1) is 12.2 Å². The summed E-state index contributed by atoms with van der Waals surface area (Å²) in [6.45, 7) is 1.79. The number of aryl methyl sites for hydroxylation is 1. The highest BCUT2D eigenvalue weighted by atomic mass is 127. The lowest BCUT2D eigenvalue weighted by Crippen LogP contribution is -2.22. The van der Waals surface area contributed by atoms with Gasteiger partial charge >= 0.3 is 0 Å². The Morgan fingerprint density at radius 3 is 2.70 bits per heavy atom. The van der Waals surface area contributed by atoms with Gasteiger partial charge in [-0.05, 0) is 59.3 Å². The molecule has 104 valence electrons. The smallest absolute Gasteiger partial charge is 0.243 e. The molecule has 0 spiro atoms. The van der Waals surface area contributed by atoms with Crippen LogP contribution in [0.1, 0.15) is 5.56 Å². The van der Waals surface area contributed by atoms with Crippen molar-refractivity contribution in [3.8, 4) is 0 Å². The highest BCUT2D eigenvalue weighted by Gasteiger charge is 2.05. The Hall–Kier alpha value is -1.63. The van der Waals surface area contributed by atoms with Crippen molar-refractivity contribution in [1.82, 2.24) is 0 Å². The molecule has 0 radical (unpaired) electrons. The van der Waals surface area contributed by atoms with E-state index in [1.165, 1.54) is 6.07 Å². The molecular formula is C15H14FIN2O. The second kappa shape index (κ2) is 6.69. The lowest BCUT2D eigenvalue weighted by Gasteiger charge is -2.09. The average Bonchev–Trinajstić information content (AvgIpc) is 2.43. The van der Waals surface area contributed by atoms with Crippen LogP contribution in [0.4, 0.5) is 15.8 Å². The van der Waals surface area contributed by atoms with Crippen molar-refractivity contribution in [2.75, 3.05) is 17.2 Å². The molecule has 0 saturated heterocycles. The number of halogens is 2. The quantitative estimate of drug-likeness (QED) is 0.788. The van der Waals surface area contributed by atoms with Gasteiger partial charge in [-0.3, -0.25) is 4.79 Å². The number of rotatable bonds is 4. The summed E-state index contributed by atoms with van der Waals surface area (Å²) in [6, 6.07) is 12.3. The Bertz CT molecular complexity index is 631. The Morgan fingerprint density at radius 1 is 1.25 bits per heavy atom. The van der Waals surface area contributed by atoms with Crippen LogP contribution in [-0.2, 0) is 4.79 Å². The minimum Gasteiger partial charge on any atom is -0.376 e. The lowest BCUT2D eigenvalue weighted by atomic mass is 10.2. The van der Waals surface area contributed by atoms with E-state index in [9.17, 15) is 9.18 Å². The van der Waals surface area contributed by atoms with Crippen LogP contribution >= 0.6 is 22.6 Å². The van der Waals surface area contributed by atoms with E-state index >= 15 is 0 Å². The first-order valence-electron chi connectivity index (χ1n) is 6.10. The molecule has 0 saturated carbocycles. The number of anilines is 2. The van der Waals surface area contributed by atoms with Gasteiger partial charge in [0.25, 0.3) is 0 Å². The van der Waals surface area contributed by atoms with Gasteiger partial charge in [-0.1, -0.05) is 18.2 Å². The maximum Gasteiger partial charge on any atom is 0.243 e. The molecule has 0 unspecified atom stereocenters. The largest absolute Gasteiger partial charge is 0.376 e. The second-order valence-corrected chi connectivity index (χ2v) is 5.51. The SMILES string of the molecule is Cc1ccc(NCC(=O)Nc2ccccc2I)cc1F. The summed E-state index contributed by atoms with van der Waals surface area (Å²) in [6.07, 6.45) is 0. The Morgan fingerprint density at radius 2 is 2.00 bits per heavy atom. The summed E-state index contributed by atoms with van der Waals surface area (Å²) in [5, 5.41) is 5.70. The summed E-state index contributed by atoms with van der Waals surface area (Å²) in [5.41, 5.74) is 1.94. The Balaban J connectivity index is 1.92. The topological polar surface area (TPSA) is 41.1 Å². The van der Waals surface area contributed by atoms with Crippen LogP contribution in [-0.4, -0.2) is 12.5 Å². The molecule has 0 aliphatic rings. The molecule has 0 fully saturated rings. The molecule has 0 aliphatic heterocycles. The van der Waals surface area contributed by atoms with Crippen molar-refractivity contribution in [3.05, 3.63) is 57.4 Å². The maximum atomic E-state index is 13.4. The van der Waals surface area contributed by atoms with Crippen LogP contribution in [0.25, 0.3) is 0 Å². The maximum absolute atomic E-state index is 13.4. The van der Waals surface area contributed by atoms with Crippen molar-refractivity contribution >= 4 is 39.9 Å². The van der Waals surface area contributed by atoms with Gasteiger partial charge in [0.15, 0.2) is 0 Å². The van der Waals surface area contributed by atoms with E-state index in [-0.39, 0.29) is 18.3 Å². The van der Waals surface area contributed by atoms with E-state index in [0.29, 0.717) is 11.3 Å². The molecule has 0 bridgehead atoms. The molecule has 3 nitrogen and oxygen atoms in total. The van der Waals surface area contributed by atoms with Crippen LogP contribution < -0.4 is 10.6 Å². The molecule has 2 N–H and O–H groups in total. The van der Waals surface area contributed by atoms with Gasteiger partial charge in [0, 0.05) is 9.26 Å². The molecule has 2 aromatic rings. The first-order chi connectivity index (χ1) is 9.56. The van der Waals surface area contributed by atoms with Crippen LogP contribution in [0, 0.1) is 16.3 Å². The van der Waals surface area contributed by atoms with Crippen molar-refractivity contribution in [2.24, 2.45) is 0 Å². The standard InChI is InChI=1S/C15H14FIN2O/c1-10-6-7-11(8-12(10)16)18-9-15(20)19-14-5-3-2-4-13(14)17/h2-8,18H,9H2,1H3,(H,19,20). The molecule has 0 aliphatic carbocycles. The number of benzene rings is 2. The van der Waals surface area contributed by atoms with E-state index in [0.717, 1.165) is 9.26 Å². The van der Waals surface area contributed by atoms with Gasteiger partial charge in [0.1, 0.15) is 5.82 Å². The minimum atomic E-state index is -0.284. The first kappa shape index (κ1) is 14.8. The lowest BCUT2D eigenvalue weighted by molar-refractivity contribution is -0.114. The zero-order chi connectivity index (χ0) is 14.5. The molecule has 2 rings (SSSR count). The summed E-state index contributed by atoms with van der Waals surface area (Å²) in [4.78, 5) is 11.8. The fourth-order valence-corrected chi connectivity index (χ4v) is 2.16. The highest BCUT2D eigenvalue weighted by Crippen LogP contribution is 2.17. The van der Waals surface area contributed by atoms with E-state index < -0.39 is 0 Å². The van der Waals surface area contributed by atoms with E-state index in [4.69, 9.17) is 0 Å². The van der Waals surface area contributed by atoms with Crippen molar-refractivity contribution < 1.29 is 9.18 Å². The molecule has 0 aromatic heterocycles. The van der Waals surface area contributed by atoms with Gasteiger partial charge in [-0.2, -0.15) is 0 Å². The van der Waals surface area contributed by atoms with Crippen LogP contribution in [0.2, 0.25) is 0 Å². The Labute approximate surface area is 130 Å². The van der Waals surface area contributed by atoms with Crippen molar-refractivity contribution in [3.63, 3.8) is 0 Å². The summed E-state index contributed by atoms with van der Waals surface area (Å²) < 4.78 is 14.3. The monoisotopic (exact) mass is 384 g/mol. The molecule has 20 heavy (non-hydrogen) atoms. The number of hydrogen-bond donors (Lipinski definition) is 2. The van der Waals surface area contributed by atoms with Gasteiger partial charge in [-0.15, -0.1) is 0 Å². The molecular weight excluding hydrogens is 370 g/mol. The van der Waals surface area contributed by atoms with Crippen molar-refractivity contribution in [2.45, 2.75) is 6.92 Å². The predicted octanol–water partition coefficient (Wildman–Crippen LogP) is 3.79. The zero-order valence-corrected chi connectivity index (χ0v) is 13.1. The molecule has 0 heterocycles. The summed E-state index contributed by atoms with van der Waals surface area (Å²) in [5.74, 6) is -0.455. The van der Waals surface area contributed by atoms with E-state index in [1.54, 1.807) is 19.1 Å². The van der Waals surface area contributed by atoms with E-state index in [2.05, 4.69) is 33.2 Å². The van der Waals surface area contributed by atoms with Gasteiger partial charge < -0.3 is 10.6 Å². The predicted molar refractivity (Wildman–Crippen MR) is 87.4 cm³/mol. The number of carbonyl (C=O) groups excluding carboxylic acids is 1. The third kappa shape index (κ3) is 3.93. The number of hydrogen-bond acceptors (Lipinski definition) is 2. The fraction of sp³-hybridized carbons (Fsp3) is 0.133. The fourth-order valence-electron chi connectivity index (χ4n) is 1.64. The van der Waals surface area contributed by atoms with Crippen LogP contribution in [0.5, 0.6) is 0 Å². The summed E-state index contributed by atoms with van der Waals surface area (Å²) in [7, 11) is 0. The molecule has 0 atom stereocenters.